The Kier molecular flexibility index (Phi) is 5.44. The zero-order valence-corrected chi connectivity index (χ0v) is 11.1. The molecule has 0 heterocycles. The summed E-state index contributed by atoms with van der Waals surface area (Å²) in [5, 5.41) is 3.11. The van der Waals surface area contributed by atoms with Crippen LogP contribution in [-0.4, -0.2) is 33.6 Å². The van der Waals surface area contributed by atoms with Gasteiger partial charge in [0.2, 0.25) is 0 Å². The smallest absolute Gasteiger partial charge is 0.151 e. The van der Waals surface area contributed by atoms with Crippen molar-refractivity contribution in [2.24, 2.45) is 0 Å². The van der Waals surface area contributed by atoms with Crippen molar-refractivity contribution in [2.45, 2.75) is 13.5 Å². The first kappa shape index (κ1) is 14.0. The van der Waals surface area contributed by atoms with Gasteiger partial charge in [-0.1, -0.05) is 19.1 Å². The van der Waals surface area contributed by atoms with E-state index in [0.717, 1.165) is 11.3 Å². The van der Waals surface area contributed by atoms with Gasteiger partial charge in [-0.2, -0.15) is 0 Å². The SMILES string of the molecule is CCS(=O)(=O)CCNCc1ccc(OC)cc1. The Labute approximate surface area is 103 Å². The molecule has 0 bridgehead atoms. The van der Waals surface area contributed by atoms with E-state index in [1.807, 2.05) is 24.3 Å². The standard InChI is InChI=1S/C12H19NO3S/c1-3-17(14,15)9-8-13-10-11-4-6-12(16-2)7-5-11/h4-7,13H,3,8-10H2,1-2H3. The first-order valence-electron chi connectivity index (χ1n) is 5.61. The Morgan fingerprint density at radius 3 is 2.41 bits per heavy atom. The summed E-state index contributed by atoms with van der Waals surface area (Å²) in [6, 6.07) is 7.69. The van der Waals surface area contributed by atoms with E-state index in [2.05, 4.69) is 5.32 Å². The first-order valence-corrected chi connectivity index (χ1v) is 7.43. The Morgan fingerprint density at radius 1 is 1.24 bits per heavy atom. The molecule has 0 aliphatic carbocycles. The Bertz CT molecular complexity index is 426. The monoisotopic (exact) mass is 257 g/mol. The van der Waals surface area contributed by atoms with Crippen LogP contribution in [0.2, 0.25) is 0 Å². The zero-order chi connectivity index (χ0) is 12.7. The summed E-state index contributed by atoms with van der Waals surface area (Å²) in [5.74, 6) is 1.22. The molecule has 0 aromatic heterocycles. The van der Waals surface area contributed by atoms with Crippen LogP contribution in [-0.2, 0) is 16.4 Å². The summed E-state index contributed by atoms with van der Waals surface area (Å²) < 4.78 is 27.5. The maximum absolute atomic E-state index is 11.2. The van der Waals surface area contributed by atoms with Gasteiger partial charge in [0.15, 0.2) is 9.84 Å². The molecule has 5 heteroatoms. The molecule has 4 nitrogen and oxygen atoms in total. The van der Waals surface area contributed by atoms with Gasteiger partial charge in [-0.15, -0.1) is 0 Å². The van der Waals surface area contributed by atoms with E-state index in [4.69, 9.17) is 4.74 Å². The van der Waals surface area contributed by atoms with Crippen LogP contribution in [0.5, 0.6) is 5.75 Å². The van der Waals surface area contributed by atoms with Crippen LogP contribution in [0, 0.1) is 0 Å². The van der Waals surface area contributed by atoms with Crippen molar-refractivity contribution in [3.05, 3.63) is 29.8 Å². The van der Waals surface area contributed by atoms with Gasteiger partial charge in [0.05, 0.1) is 12.9 Å². The molecule has 0 fully saturated rings. The minimum absolute atomic E-state index is 0.194. The number of nitrogens with one attached hydrogen (secondary N) is 1. The fourth-order valence-electron chi connectivity index (χ4n) is 1.35. The number of hydrogen-bond donors (Lipinski definition) is 1. The van der Waals surface area contributed by atoms with Crippen LogP contribution in [0.1, 0.15) is 12.5 Å². The summed E-state index contributed by atoms with van der Waals surface area (Å²) in [6.07, 6.45) is 0. The molecule has 0 aliphatic heterocycles. The van der Waals surface area contributed by atoms with Crippen LogP contribution in [0.15, 0.2) is 24.3 Å². The zero-order valence-electron chi connectivity index (χ0n) is 10.3. The molecule has 0 amide bonds. The lowest BCUT2D eigenvalue weighted by atomic mass is 10.2. The van der Waals surface area contributed by atoms with Gasteiger partial charge in [-0.05, 0) is 17.7 Å². The van der Waals surface area contributed by atoms with Crippen LogP contribution in [0.3, 0.4) is 0 Å². The molecule has 0 radical (unpaired) electrons. The van der Waals surface area contributed by atoms with Gasteiger partial charge in [-0.3, -0.25) is 0 Å². The fraction of sp³-hybridized carbons (Fsp3) is 0.500. The molecule has 17 heavy (non-hydrogen) atoms. The van der Waals surface area contributed by atoms with Gasteiger partial charge < -0.3 is 10.1 Å². The Hall–Kier alpha value is -1.07. The van der Waals surface area contributed by atoms with Gasteiger partial charge in [0.25, 0.3) is 0 Å². The maximum atomic E-state index is 11.2. The molecule has 0 aliphatic rings. The Balaban J connectivity index is 2.31. The third-order valence-corrected chi connectivity index (χ3v) is 4.22. The van der Waals surface area contributed by atoms with Gasteiger partial charge in [-0.25, -0.2) is 8.42 Å². The number of ether oxygens (including phenoxy) is 1. The van der Waals surface area contributed by atoms with Crippen molar-refractivity contribution in [3.8, 4) is 5.75 Å². The number of sulfone groups is 1. The van der Waals surface area contributed by atoms with Crippen LogP contribution < -0.4 is 10.1 Å². The summed E-state index contributed by atoms with van der Waals surface area (Å²) in [5.41, 5.74) is 1.11. The summed E-state index contributed by atoms with van der Waals surface area (Å²) >= 11 is 0. The normalized spacial score (nSPS) is 11.4. The van der Waals surface area contributed by atoms with E-state index < -0.39 is 9.84 Å². The number of hydrogen-bond acceptors (Lipinski definition) is 4. The predicted octanol–water partition coefficient (Wildman–Crippen LogP) is 1.22. The average Bonchev–Trinajstić information content (AvgIpc) is 2.35. The lowest BCUT2D eigenvalue weighted by molar-refractivity contribution is 0.414. The third-order valence-electron chi connectivity index (χ3n) is 2.52. The quantitative estimate of drug-likeness (QED) is 0.746. The molecule has 96 valence electrons. The maximum Gasteiger partial charge on any atom is 0.151 e. The summed E-state index contributed by atoms with van der Waals surface area (Å²) in [4.78, 5) is 0. The van der Waals surface area contributed by atoms with E-state index in [-0.39, 0.29) is 11.5 Å². The minimum Gasteiger partial charge on any atom is -0.497 e. The van der Waals surface area contributed by atoms with Crippen LogP contribution in [0.4, 0.5) is 0 Å². The number of rotatable bonds is 7. The van der Waals surface area contributed by atoms with E-state index in [9.17, 15) is 8.42 Å². The lowest BCUT2D eigenvalue weighted by Gasteiger charge is -2.06. The van der Waals surface area contributed by atoms with Crippen molar-refractivity contribution < 1.29 is 13.2 Å². The third kappa shape index (κ3) is 5.19. The molecule has 0 saturated heterocycles. The average molecular weight is 257 g/mol. The highest BCUT2D eigenvalue weighted by atomic mass is 32.2. The summed E-state index contributed by atoms with van der Waals surface area (Å²) in [6.45, 7) is 2.82. The highest BCUT2D eigenvalue weighted by Crippen LogP contribution is 2.10. The topological polar surface area (TPSA) is 55.4 Å². The fourth-order valence-corrected chi connectivity index (χ4v) is 2.09. The van der Waals surface area contributed by atoms with Crippen LogP contribution in [0.25, 0.3) is 0 Å². The van der Waals surface area contributed by atoms with E-state index >= 15 is 0 Å². The molecule has 1 rings (SSSR count). The lowest BCUT2D eigenvalue weighted by Crippen LogP contribution is -2.23. The molecule has 0 unspecified atom stereocenters. The second-order valence-electron chi connectivity index (χ2n) is 3.76. The number of benzene rings is 1. The number of methoxy groups -OCH3 is 1. The Morgan fingerprint density at radius 2 is 1.88 bits per heavy atom. The molecule has 1 N–H and O–H groups in total. The molecular formula is C12H19NO3S. The molecule has 0 saturated carbocycles. The van der Waals surface area contributed by atoms with Crippen molar-refractivity contribution in [1.82, 2.24) is 5.32 Å². The van der Waals surface area contributed by atoms with Gasteiger partial charge in [0, 0.05) is 18.8 Å². The van der Waals surface area contributed by atoms with E-state index in [0.29, 0.717) is 13.1 Å². The largest absolute Gasteiger partial charge is 0.497 e. The minimum atomic E-state index is -2.87. The second kappa shape index (κ2) is 6.61. The highest BCUT2D eigenvalue weighted by Gasteiger charge is 2.05. The van der Waals surface area contributed by atoms with E-state index in [1.165, 1.54) is 0 Å². The van der Waals surface area contributed by atoms with Gasteiger partial charge in [0.1, 0.15) is 5.75 Å². The highest BCUT2D eigenvalue weighted by molar-refractivity contribution is 7.91. The molecule has 1 aromatic rings. The van der Waals surface area contributed by atoms with E-state index in [1.54, 1.807) is 14.0 Å². The van der Waals surface area contributed by atoms with Crippen molar-refractivity contribution in [1.29, 1.82) is 0 Å². The van der Waals surface area contributed by atoms with Crippen molar-refractivity contribution in [2.75, 3.05) is 25.2 Å². The molecule has 0 atom stereocenters. The van der Waals surface area contributed by atoms with Crippen molar-refractivity contribution in [3.63, 3.8) is 0 Å². The second-order valence-corrected chi connectivity index (χ2v) is 6.23. The molecule has 0 spiro atoms. The molecular weight excluding hydrogens is 238 g/mol. The van der Waals surface area contributed by atoms with Crippen LogP contribution >= 0.6 is 0 Å². The first-order chi connectivity index (χ1) is 8.07. The van der Waals surface area contributed by atoms with Crippen molar-refractivity contribution >= 4 is 9.84 Å². The summed E-state index contributed by atoms with van der Waals surface area (Å²) in [7, 11) is -1.24. The van der Waals surface area contributed by atoms with Gasteiger partial charge >= 0.3 is 0 Å². The molecule has 1 aromatic carbocycles. The predicted molar refractivity (Wildman–Crippen MR) is 69.0 cm³/mol.